The summed E-state index contributed by atoms with van der Waals surface area (Å²) in [5.74, 6) is 0.145. The van der Waals surface area contributed by atoms with Crippen molar-refractivity contribution in [3.05, 3.63) is 48.0 Å². The van der Waals surface area contributed by atoms with Crippen LogP contribution in [0.3, 0.4) is 0 Å². The lowest BCUT2D eigenvalue weighted by Gasteiger charge is -2.34. The van der Waals surface area contributed by atoms with E-state index in [0.29, 0.717) is 25.7 Å². The third-order valence-corrected chi connectivity index (χ3v) is 5.47. The predicted molar refractivity (Wildman–Crippen MR) is 99.4 cm³/mol. The molecule has 2 aliphatic rings. The molecule has 0 aromatic heterocycles. The highest BCUT2D eigenvalue weighted by Gasteiger charge is 2.33. The summed E-state index contributed by atoms with van der Waals surface area (Å²) in [6.07, 6.45) is 4.30. The number of amides is 1. The zero-order chi connectivity index (χ0) is 17.1. The molecule has 1 saturated carbocycles. The van der Waals surface area contributed by atoms with Crippen LogP contribution in [0.1, 0.15) is 31.2 Å². The monoisotopic (exact) mass is 338 g/mol. The van der Waals surface area contributed by atoms with E-state index in [9.17, 15) is 4.79 Å². The first-order chi connectivity index (χ1) is 12.3. The summed E-state index contributed by atoms with van der Waals surface area (Å²) in [5.41, 5.74) is 1.22. The van der Waals surface area contributed by atoms with Crippen molar-refractivity contribution in [2.75, 3.05) is 19.7 Å². The molecule has 0 radical (unpaired) electrons. The van der Waals surface area contributed by atoms with Crippen LogP contribution in [-0.4, -0.2) is 42.6 Å². The van der Waals surface area contributed by atoms with Crippen molar-refractivity contribution in [2.45, 2.75) is 44.4 Å². The van der Waals surface area contributed by atoms with Gasteiger partial charge in [0.15, 0.2) is 0 Å². The number of hydrogen-bond acceptors (Lipinski definition) is 3. The van der Waals surface area contributed by atoms with Gasteiger partial charge in [0.1, 0.15) is 6.10 Å². The van der Waals surface area contributed by atoms with Gasteiger partial charge in [-0.15, -0.1) is 0 Å². The topological polar surface area (TPSA) is 41.6 Å². The van der Waals surface area contributed by atoms with E-state index in [1.807, 2.05) is 0 Å². The third-order valence-electron chi connectivity index (χ3n) is 5.47. The maximum Gasteiger partial charge on any atom is 0.253 e. The lowest BCUT2D eigenvalue weighted by Crippen LogP contribution is -2.51. The van der Waals surface area contributed by atoms with Gasteiger partial charge in [-0.2, -0.15) is 0 Å². The Morgan fingerprint density at radius 3 is 2.72 bits per heavy atom. The van der Waals surface area contributed by atoms with Crippen molar-refractivity contribution in [2.24, 2.45) is 0 Å². The molecule has 1 aliphatic carbocycles. The average molecular weight is 338 g/mol. The highest BCUT2D eigenvalue weighted by molar-refractivity contribution is 5.87. The first-order valence-electron chi connectivity index (χ1n) is 9.42. The molecule has 1 atom stereocenters. The van der Waals surface area contributed by atoms with Crippen molar-refractivity contribution < 1.29 is 9.53 Å². The fraction of sp³-hybridized carbons (Fsp3) is 0.476. The number of nitrogens with zero attached hydrogens (tertiary/aromatic N) is 1. The Morgan fingerprint density at radius 1 is 1.12 bits per heavy atom. The second kappa shape index (κ2) is 7.54. The average Bonchev–Trinajstić information content (AvgIpc) is 3.21. The summed E-state index contributed by atoms with van der Waals surface area (Å²) in [7, 11) is 0. The van der Waals surface area contributed by atoms with Gasteiger partial charge in [0.05, 0.1) is 6.61 Å². The van der Waals surface area contributed by atoms with Crippen LogP contribution in [0.4, 0.5) is 0 Å². The number of hydrogen-bond donors (Lipinski definition) is 1. The number of carbonyl (C=O) groups excluding carboxylic acids is 1. The van der Waals surface area contributed by atoms with Gasteiger partial charge in [-0.25, -0.2) is 0 Å². The Balaban J connectivity index is 1.62. The van der Waals surface area contributed by atoms with Gasteiger partial charge in [-0.3, -0.25) is 4.79 Å². The first-order valence-corrected chi connectivity index (χ1v) is 9.42. The summed E-state index contributed by atoms with van der Waals surface area (Å²) < 4.78 is 5.75. The summed E-state index contributed by atoms with van der Waals surface area (Å²) >= 11 is 0. The van der Waals surface area contributed by atoms with Gasteiger partial charge >= 0.3 is 0 Å². The SMILES string of the molecule is O=C(C1CNCCO1)N(Cc1cccc2ccccc12)C1CCCC1. The van der Waals surface area contributed by atoms with E-state index >= 15 is 0 Å². The third kappa shape index (κ3) is 3.55. The second-order valence-electron chi connectivity index (χ2n) is 7.11. The lowest BCUT2D eigenvalue weighted by atomic mass is 10.0. The molecule has 2 fully saturated rings. The summed E-state index contributed by atoms with van der Waals surface area (Å²) in [6, 6.07) is 15.1. The van der Waals surface area contributed by atoms with Crippen LogP contribution < -0.4 is 5.32 Å². The van der Waals surface area contributed by atoms with Crippen LogP contribution in [-0.2, 0) is 16.1 Å². The molecule has 2 aromatic carbocycles. The minimum Gasteiger partial charge on any atom is -0.366 e. The molecule has 2 aromatic rings. The van der Waals surface area contributed by atoms with Crippen LogP contribution in [0.15, 0.2) is 42.5 Å². The molecule has 1 amide bonds. The largest absolute Gasteiger partial charge is 0.366 e. The first kappa shape index (κ1) is 16.6. The molecule has 4 rings (SSSR count). The zero-order valence-corrected chi connectivity index (χ0v) is 14.6. The van der Waals surface area contributed by atoms with Gasteiger partial charge in [-0.1, -0.05) is 55.3 Å². The van der Waals surface area contributed by atoms with E-state index in [-0.39, 0.29) is 12.0 Å². The number of fused-ring (bicyclic) bond motifs is 1. The molecular formula is C21H26N2O2. The fourth-order valence-corrected chi connectivity index (χ4v) is 4.13. The van der Waals surface area contributed by atoms with Crippen molar-refractivity contribution in [1.82, 2.24) is 10.2 Å². The van der Waals surface area contributed by atoms with Gasteiger partial charge in [0, 0.05) is 25.7 Å². The van der Waals surface area contributed by atoms with Crippen LogP contribution in [0.5, 0.6) is 0 Å². The van der Waals surface area contributed by atoms with E-state index in [1.54, 1.807) is 0 Å². The highest BCUT2D eigenvalue weighted by atomic mass is 16.5. The molecule has 4 heteroatoms. The normalized spacial score (nSPS) is 21.5. The lowest BCUT2D eigenvalue weighted by molar-refractivity contribution is -0.148. The van der Waals surface area contributed by atoms with Gasteiger partial charge in [-0.05, 0) is 29.2 Å². The molecule has 132 valence electrons. The minimum absolute atomic E-state index is 0.145. The minimum atomic E-state index is -0.343. The second-order valence-corrected chi connectivity index (χ2v) is 7.11. The Hall–Kier alpha value is -1.91. The number of carbonyl (C=O) groups is 1. The zero-order valence-electron chi connectivity index (χ0n) is 14.6. The van der Waals surface area contributed by atoms with E-state index in [0.717, 1.165) is 19.4 Å². The molecule has 0 bridgehead atoms. The standard InChI is InChI=1S/C21H26N2O2/c24-21(20-14-22-12-13-25-20)23(18-9-2-3-10-18)15-17-8-5-7-16-6-1-4-11-19(16)17/h1,4-8,11,18,20,22H,2-3,9-10,12-15H2. The van der Waals surface area contributed by atoms with Crippen molar-refractivity contribution in [3.8, 4) is 0 Å². The van der Waals surface area contributed by atoms with E-state index in [1.165, 1.54) is 29.2 Å². The maximum absolute atomic E-state index is 13.2. The predicted octanol–water partition coefficient (Wildman–Crippen LogP) is 3.10. The van der Waals surface area contributed by atoms with E-state index < -0.39 is 0 Å². The number of morpholine rings is 1. The van der Waals surface area contributed by atoms with Gasteiger partial charge in [0.25, 0.3) is 5.91 Å². The maximum atomic E-state index is 13.2. The Morgan fingerprint density at radius 2 is 1.92 bits per heavy atom. The summed E-state index contributed by atoms with van der Waals surface area (Å²) in [4.78, 5) is 15.3. The molecule has 25 heavy (non-hydrogen) atoms. The number of rotatable bonds is 4. The fourth-order valence-electron chi connectivity index (χ4n) is 4.13. The Bertz CT molecular complexity index is 728. The highest BCUT2D eigenvalue weighted by Crippen LogP contribution is 2.28. The number of nitrogens with one attached hydrogen (secondary N) is 1. The number of benzene rings is 2. The smallest absolute Gasteiger partial charge is 0.253 e. The molecule has 1 N–H and O–H groups in total. The Kier molecular flexibility index (Phi) is 4.99. The molecule has 1 aliphatic heterocycles. The molecule has 1 heterocycles. The molecule has 0 spiro atoms. The molecule has 1 saturated heterocycles. The van der Waals surface area contributed by atoms with Gasteiger partial charge < -0.3 is 15.0 Å². The summed E-state index contributed by atoms with van der Waals surface area (Å²) in [6.45, 7) is 2.74. The molecular weight excluding hydrogens is 312 g/mol. The Labute approximate surface area is 149 Å². The molecule has 4 nitrogen and oxygen atoms in total. The van der Waals surface area contributed by atoms with Crippen LogP contribution >= 0.6 is 0 Å². The molecule has 1 unspecified atom stereocenters. The van der Waals surface area contributed by atoms with Crippen molar-refractivity contribution >= 4 is 16.7 Å². The van der Waals surface area contributed by atoms with E-state index in [4.69, 9.17) is 4.74 Å². The van der Waals surface area contributed by atoms with Crippen LogP contribution in [0, 0.1) is 0 Å². The van der Waals surface area contributed by atoms with Crippen LogP contribution in [0.2, 0.25) is 0 Å². The number of ether oxygens (including phenoxy) is 1. The summed E-state index contributed by atoms with van der Waals surface area (Å²) in [5, 5.41) is 5.75. The van der Waals surface area contributed by atoms with E-state index in [2.05, 4.69) is 52.7 Å². The quantitative estimate of drug-likeness (QED) is 0.931. The van der Waals surface area contributed by atoms with Crippen molar-refractivity contribution in [3.63, 3.8) is 0 Å². The van der Waals surface area contributed by atoms with Crippen LogP contribution in [0.25, 0.3) is 10.8 Å². The van der Waals surface area contributed by atoms with Gasteiger partial charge in [0.2, 0.25) is 0 Å². The van der Waals surface area contributed by atoms with Crippen molar-refractivity contribution in [1.29, 1.82) is 0 Å².